The highest BCUT2D eigenvalue weighted by Gasteiger charge is 2.44. The van der Waals surface area contributed by atoms with Gasteiger partial charge in [-0.25, -0.2) is 8.42 Å². The maximum Gasteiger partial charge on any atom is 0.305 e. The Kier molecular flexibility index (Phi) is 5.27. The third kappa shape index (κ3) is 3.96. The minimum atomic E-state index is -3.50. The fourth-order valence-corrected chi connectivity index (χ4v) is 5.31. The topological polar surface area (TPSA) is 83.9 Å². The molecular weight excluding hydrogens is 294 g/mol. The van der Waals surface area contributed by atoms with E-state index in [0.29, 0.717) is 19.4 Å². The fraction of sp³-hybridized carbons (Fsp3) is 0.929. The number of aliphatic carboxylic acids is 1. The Bertz CT molecular complexity index is 464. The van der Waals surface area contributed by atoms with Crippen LogP contribution >= 0.6 is 0 Å². The summed E-state index contributed by atoms with van der Waals surface area (Å²) in [5.41, 5.74) is -0.762. The molecule has 1 aliphatic heterocycles. The van der Waals surface area contributed by atoms with Gasteiger partial charge in [0.2, 0.25) is 10.0 Å². The third-order valence-electron chi connectivity index (χ3n) is 4.77. The van der Waals surface area contributed by atoms with E-state index in [1.807, 2.05) is 0 Å². The number of hydrogen-bond donors (Lipinski definition) is 1. The van der Waals surface area contributed by atoms with E-state index in [1.165, 1.54) is 4.31 Å². The molecule has 0 radical (unpaired) electrons. The number of rotatable bonds is 6. The minimum Gasteiger partial charge on any atom is -0.481 e. The van der Waals surface area contributed by atoms with Crippen LogP contribution in [0.5, 0.6) is 0 Å². The first-order valence-corrected chi connectivity index (χ1v) is 9.27. The molecule has 6 nitrogen and oxygen atoms in total. The predicted molar refractivity (Wildman–Crippen MR) is 78.6 cm³/mol. The molecule has 1 N–H and O–H groups in total. The second-order valence-corrected chi connectivity index (χ2v) is 8.28. The molecule has 2 fully saturated rings. The van der Waals surface area contributed by atoms with Crippen LogP contribution in [0, 0.1) is 0 Å². The van der Waals surface area contributed by atoms with Crippen LogP contribution in [0.4, 0.5) is 0 Å². The summed E-state index contributed by atoms with van der Waals surface area (Å²) in [4.78, 5) is 11.2. The van der Waals surface area contributed by atoms with Gasteiger partial charge in [0, 0.05) is 19.2 Å². The molecule has 0 amide bonds. The largest absolute Gasteiger partial charge is 0.481 e. The zero-order chi connectivity index (χ0) is 15.5. The molecule has 1 saturated heterocycles. The lowest BCUT2D eigenvalue weighted by Crippen LogP contribution is -2.53. The molecule has 2 rings (SSSR count). The average Bonchev–Trinajstić information content (AvgIpc) is 2.90. The van der Waals surface area contributed by atoms with Gasteiger partial charge in [-0.2, -0.15) is 4.31 Å². The van der Waals surface area contributed by atoms with Gasteiger partial charge < -0.3 is 9.84 Å². The Morgan fingerprint density at radius 3 is 2.48 bits per heavy atom. The molecule has 2 aliphatic rings. The molecule has 1 saturated carbocycles. The Hall–Kier alpha value is -0.660. The minimum absolute atomic E-state index is 0.0368. The summed E-state index contributed by atoms with van der Waals surface area (Å²) in [5.74, 6) is -0.971. The molecule has 1 atom stereocenters. The van der Waals surface area contributed by atoms with Gasteiger partial charge in [0.05, 0.1) is 18.3 Å². The Balaban J connectivity index is 2.15. The smallest absolute Gasteiger partial charge is 0.305 e. The van der Waals surface area contributed by atoms with E-state index in [-0.39, 0.29) is 18.3 Å². The molecule has 0 bridgehead atoms. The zero-order valence-electron chi connectivity index (χ0n) is 12.6. The number of sulfonamides is 1. The Labute approximate surface area is 126 Å². The van der Waals surface area contributed by atoms with E-state index in [1.54, 1.807) is 7.05 Å². The zero-order valence-corrected chi connectivity index (χ0v) is 13.4. The second-order valence-electron chi connectivity index (χ2n) is 6.24. The monoisotopic (exact) mass is 319 g/mol. The summed E-state index contributed by atoms with van der Waals surface area (Å²) < 4.78 is 32.0. The molecule has 122 valence electrons. The molecule has 1 heterocycles. The van der Waals surface area contributed by atoms with Crippen LogP contribution in [-0.4, -0.2) is 54.8 Å². The maximum absolute atomic E-state index is 12.6. The molecular formula is C14H25NO5S. The summed E-state index contributed by atoms with van der Waals surface area (Å²) >= 11 is 0. The highest BCUT2D eigenvalue weighted by Crippen LogP contribution is 2.37. The fourth-order valence-electron chi connectivity index (χ4n) is 3.51. The summed E-state index contributed by atoms with van der Waals surface area (Å²) in [6.45, 7) is 0.615. The van der Waals surface area contributed by atoms with Crippen molar-refractivity contribution in [3.8, 4) is 0 Å². The number of hydrogen-bond acceptors (Lipinski definition) is 4. The van der Waals surface area contributed by atoms with Gasteiger partial charge in [0.1, 0.15) is 0 Å². The van der Waals surface area contributed by atoms with E-state index in [0.717, 1.165) is 32.1 Å². The molecule has 0 aromatic carbocycles. The van der Waals surface area contributed by atoms with E-state index >= 15 is 0 Å². The Morgan fingerprint density at radius 1 is 1.29 bits per heavy atom. The lowest BCUT2D eigenvalue weighted by atomic mass is 9.79. The van der Waals surface area contributed by atoms with Crippen molar-refractivity contribution >= 4 is 16.0 Å². The summed E-state index contributed by atoms with van der Waals surface area (Å²) in [6, 6.07) is 0. The molecule has 0 aromatic rings. The van der Waals surface area contributed by atoms with Gasteiger partial charge in [0.15, 0.2) is 0 Å². The molecule has 21 heavy (non-hydrogen) atoms. The number of carboxylic acid groups (broad SMARTS) is 1. The molecule has 1 unspecified atom stereocenters. The summed E-state index contributed by atoms with van der Waals surface area (Å²) in [6.07, 6.45) is 5.35. The van der Waals surface area contributed by atoms with Crippen molar-refractivity contribution in [1.82, 2.24) is 4.31 Å². The van der Waals surface area contributed by atoms with Crippen LogP contribution in [0.2, 0.25) is 0 Å². The quantitative estimate of drug-likeness (QED) is 0.804. The highest BCUT2D eigenvalue weighted by molar-refractivity contribution is 7.89. The normalized spacial score (nSPS) is 26.1. The van der Waals surface area contributed by atoms with E-state index < -0.39 is 21.5 Å². The van der Waals surface area contributed by atoms with Crippen LogP contribution < -0.4 is 0 Å². The van der Waals surface area contributed by atoms with Crippen molar-refractivity contribution in [1.29, 1.82) is 0 Å². The van der Waals surface area contributed by atoms with Gasteiger partial charge in [-0.1, -0.05) is 19.3 Å². The van der Waals surface area contributed by atoms with Crippen molar-refractivity contribution in [2.24, 2.45) is 0 Å². The van der Waals surface area contributed by atoms with Crippen LogP contribution in [0.3, 0.4) is 0 Å². The van der Waals surface area contributed by atoms with Crippen LogP contribution in [-0.2, 0) is 19.6 Å². The van der Waals surface area contributed by atoms with Crippen LogP contribution in [0.1, 0.15) is 51.4 Å². The third-order valence-corrected chi connectivity index (χ3v) is 6.79. The van der Waals surface area contributed by atoms with Crippen molar-refractivity contribution < 1.29 is 23.1 Å². The highest BCUT2D eigenvalue weighted by atomic mass is 32.2. The number of ether oxygens (including phenoxy) is 1. The number of nitrogens with zero attached hydrogens (tertiary/aromatic N) is 1. The first kappa shape index (κ1) is 16.7. The van der Waals surface area contributed by atoms with Crippen molar-refractivity contribution in [2.75, 3.05) is 19.4 Å². The second kappa shape index (κ2) is 6.62. The SMILES string of the molecule is CN(C1(CC(=O)O)CCCCC1)S(=O)(=O)CC1CCCO1. The molecule has 0 aromatic heterocycles. The van der Waals surface area contributed by atoms with Gasteiger partial charge >= 0.3 is 5.97 Å². The first-order chi connectivity index (χ1) is 9.86. The Morgan fingerprint density at radius 2 is 1.95 bits per heavy atom. The van der Waals surface area contributed by atoms with Crippen LogP contribution in [0.25, 0.3) is 0 Å². The maximum atomic E-state index is 12.6. The van der Waals surface area contributed by atoms with E-state index in [2.05, 4.69) is 0 Å². The van der Waals surface area contributed by atoms with Crippen LogP contribution in [0.15, 0.2) is 0 Å². The lowest BCUT2D eigenvalue weighted by molar-refractivity contribution is -0.140. The van der Waals surface area contributed by atoms with E-state index in [9.17, 15) is 18.3 Å². The number of carboxylic acids is 1. The molecule has 1 aliphatic carbocycles. The lowest BCUT2D eigenvalue weighted by Gasteiger charge is -2.43. The number of carbonyl (C=O) groups is 1. The van der Waals surface area contributed by atoms with Crippen molar-refractivity contribution in [2.45, 2.75) is 63.0 Å². The summed E-state index contributed by atoms with van der Waals surface area (Å²) in [7, 11) is -1.96. The average molecular weight is 319 g/mol. The summed E-state index contributed by atoms with van der Waals surface area (Å²) in [5, 5.41) is 9.18. The van der Waals surface area contributed by atoms with Gasteiger partial charge in [-0.3, -0.25) is 4.79 Å². The van der Waals surface area contributed by atoms with E-state index in [4.69, 9.17) is 4.74 Å². The van der Waals surface area contributed by atoms with Crippen molar-refractivity contribution in [3.63, 3.8) is 0 Å². The van der Waals surface area contributed by atoms with Crippen molar-refractivity contribution in [3.05, 3.63) is 0 Å². The van der Waals surface area contributed by atoms with Gasteiger partial charge in [0.25, 0.3) is 0 Å². The standard InChI is InChI=1S/C14H25NO5S/c1-15(21(18,19)11-12-6-5-9-20-12)14(10-13(16)17)7-3-2-4-8-14/h12H,2-11H2,1H3,(H,16,17). The molecule has 7 heteroatoms. The van der Waals surface area contributed by atoms with Gasteiger partial charge in [-0.05, 0) is 25.7 Å². The predicted octanol–water partition coefficient (Wildman–Crippen LogP) is 1.60. The first-order valence-electron chi connectivity index (χ1n) is 7.66. The van der Waals surface area contributed by atoms with Gasteiger partial charge in [-0.15, -0.1) is 0 Å². The molecule has 0 spiro atoms.